The number of sulfonamides is 2. The molecule has 0 saturated carbocycles. The molecule has 2 aromatic rings. The molecule has 0 spiro atoms. The first-order valence-corrected chi connectivity index (χ1v) is 14.0. The summed E-state index contributed by atoms with van der Waals surface area (Å²) in [5.74, 6) is -0.463. The van der Waals surface area contributed by atoms with Gasteiger partial charge in [0.15, 0.2) is 0 Å². The molecule has 180 valence electrons. The molecule has 1 saturated heterocycles. The lowest BCUT2D eigenvalue weighted by atomic mass is 10.0. The third-order valence-corrected chi connectivity index (χ3v) is 9.88. The fourth-order valence-electron chi connectivity index (χ4n) is 4.01. The third kappa shape index (κ3) is 5.29. The molecule has 3 rings (SSSR count). The number of hydrogen-bond acceptors (Lipinski definition) is 5. The van der Waals surface area contributed by atoms with Gasteiger partial charge in [-0.15, -0.1) is 0 Å². The van der Waals surface area contributed by atoms with E-state index in [4.69, 9.17) is 0 Å². The highest BCUT2D eigenvalue weighted by atomic mass is 32.2. The minimum atomic E-state index is -3.84. The molecule has 1 aliphatic rings. The summed E-state index contributed by atoms with van der Waals surface area (Å²) in [5.41, 5.74) is 1.05. The molecule has 0 bridgehead atoms. The van der Waals surface area contributed by atoms with E-state index in [1.807, 2.05) is 0 Å². The first-order valence-electron chi connectivity index (χ1n) is 11.1. The first kappa shape index (κ1) is 25.4. The fraction of sp³-hybridized carbons (Fsp3) is 0.435. The fourth-order valence-corrected chi connectivity index (χ4v) is 7.17. The molecule has 0 unspecified atom stereocenters. The molecule has 0 radical (unpaired) electrons. The van der Waals surface area contributed by atoms with Gasteiger partial charge in [0.05, 0.1) is 9.79 Å². The van der Waals surface area contributed by atoms with Crippen LogP contribution in [0.5, 0.6) is 0 Å². The van der Waals surface area contributed by atoms with Crippen molar-refractivity contribution in [3.63, 3.8) is 0 Å². The highest BCUT2D eigenvalue weighted by molar-refractivity contribution is 7.89. The zero-order valence-corrected chi connectivity index (χ0v) is 20.8. The van der Waals surface area contributed by atoms with E-state index >= 15 is 0 Å². The van der Waals surface area contributed by atoms with Gasteiger partial charge in [-0.3, -0.25) is 4.79 Å². The van der Waals surface area contributed by atoms with Crippen LogP contribution in [-0.2, 0) is 24.8 Å². The van der Waals surface area contributed by atoms with Crippen molar-refractivity contribution in [1.29, 1.82) is 0 Å². The quantitative estimate of drug-likeness (QED) is 0.608. The number of amides is 1. The number of nitrogens with one attached hydrogen (secondary N) is 1. The number of aryl methyl sites for hydroxylation is 1. The van der Waals surface area contributed by atoms with Crippen molar-refractivity contribution in [3.8, 4) is 0 Å². The van der Waals surface area contributed by atoms with Crippen molar-refractivity contribution < 1.29 is 21.6 Å². The molecular formula is C23H31N3O5S2. The van der Waals surface area contributed by atoms with Gasteiger partial charge < -0.3 is 5.32 Å². The van der Waals surface area contributed by atoms with Crippen LogP contribution < -0.4 is 5.32 Å². The Morgan fingerprint density at radius 3 is 2.30 bits per heavy atom. The molecule has 33 heavy (non-hydrogen) atoms. The largest absolute Gasteiger partial charge is 0.324 e. The second-order valence-corrected chi connectivity index (χ2v) is 11.8. The number of hydrogen-bond donors (Lipinski definition) is 1. The summed E-state index contributed by atoms with van der Waals surface area (Å²) in [4.78, 5) is 13.5. The average Bonchev–Trinajstić information content (AvgIpc) is 2.81. The summed E-state index contributed by atoms with van der Waals surface area (Å²) in [7, 11) is -7.53. The van der Waals surface area contributed by atoms with Crippen LogP contribution in [0.25, 0.3) is 0 Å². The molecule has 1 heterocycles. The van der Waals surface area contributed by atoms with E-state index in [1.165, 1.54) is 32.9 Å². The van der Waals surface area contributed by atoms with Gasteiger partial charge in [0.1, 0.15) is 6.04 Å². The number of nitrogens with zero attached hydrogens (tertiary/aromatic N) is 2. The van der Waals surface area contributed by atoms with Crippen molar-refractivity contribution >= 4 is 31.6 Å². The Hall–Kier alpha value is -2.27. The molecule has 1 fully saturated rings. The minimum absolute atomic E-state index is 0.0875. The number of carbonyl (C=O) groups excluding carboxylic acids is 1. The van der Waals surface area contributed by atoms with Gasteiger partial charge in [-0.2, -0.15) is 8.61 Å². The van der Waals surface area contributed by atoms with Gasteiger partial charge in [-0.25, -0.2) is 16.8 Å². The van der Waals surface area contributed by atoms with Gasteiger partial charge in [0.2, 0.25) is 26.0 Å². The zero-order valence-electron chi connectivity index (χ0n) is 19.2. The van der Waals surface area contributed by atoms with Gasteiger partial charge >= 0.3 is 0 Å². The molecule has 0 aliphatic carbocycles. The highest BCUT2D eigenvalue weighted by Crippen LogP contribution is 2.28. The summed E-state index contributed by atoms with van der Waals surface area (Å²) < 4.78 is 54.8. The molecular weight excluding hydrogens is 462 g/mol. The average molecular weight is 494 g/mol. The standard InChI is InChI=1S/C23H31N3O5S2/c1-4-25(5-2)32(28,29)20-15-14-18(3)21(17-20)24-23(27)22-13-9-10-16-26(22)33(30,31)19-11-7-6-8-12-19/h6-8,11-12,14-15,17,22H,4-5,9-10,13,16H2,1-3H3,(H,24,27)/t22-/m1/s1. The van der Waals surface area contributed by atoms with E-state index in [0.717, 1.165) is 6.42 Å². The third-order valence-electron chi connectivity index (χ3n) is 5.92. The van der Waals surface area contributed by atoms with Crippen molar-refractivity contribution in [2.75, 3.05) is 25.0 Å². The summed E-state index contributed by atoms with van der Waals surface area (Å²) in [5, 5.41) is 2.79. The second-order valence-electron chi connectivity index (χ2n) is 8.00. The number of rotatable bonds is 8. The molecule has 0 aromatic heterocycles. The lowest BCUT2D eigenvalue weighted by Gasteiger charge is -2.33. The second kappa shape index (κ2) is 10.3. The van der Waals surface area contributed by atoms with Crippen LogP contribution in [0.3, 0.4) is 0 Å². The van der Waals surface area contributed by atoms with Crippen molar-refractivity contribution in [2.45, 2.75) is 55.9 Å². The van der Waals surface area contributed by atoms with Gasteiger partial charge in [-0.1, -0.05) is 44.5 Å². The SMILES string of the molecule is CCN(CC)S(=O)(=O)c1ccc(C)c(NC(=O)[C@H]2CCCCN2S(=O)(=O)c2ccccc2)c1. The van der Waals surface area contributed by atoms with E-state index in [-0.39, 0.29) is 16.3 Å². The molecule has 1 atom stereocenters. The number of anilines is 1. The topological polar surface area (TPSA) is 104 Å². The minimum Gasteiger partial charge on any atom is -0.324 e. The summed E-state index contributed by atoms with van der Waals surface area (Å²) >= 11 is 0. The Morgan fingerprint density at radius 1 is 1.00 bits per heavy atom. The molecule has 2 aromatic carbocycles. The van der Waals surface area contributed by atoms with Gasteiger partial charge in [0.25, 0.3) is 0 Å². The van der Waals surface area contributed by atoms with Crippen LogP contribution in [0.15, 0.2) is 58.3 Å². The molecule has 10 heteroatoms. The Balaban J connectivity index is 1.90. The monoisotopic (exact) mass is 493 g/mol. The van der Waals surface area contributed by atoms with E-state index in [9.17, 15) is 21.6 Å². The van der Waals surface area contributed by atoms with E-state index in [2.05, 4.69) is 5.32 Å². The molecule has 1 aliphatic heterocycles. The van der Waals surface area contributed by atoms with Gasteiger partial charge in [-0.05, 0) is 49.6 Å². The van der Waals surface area contributed by atoms with Crippen LogP contribution in [0.1, 0.15) is 38.7 Å². The predicted molar refractivity (Wildman–Crippen MR) is 128 cm³/mol. The maximum atomic E-state index is 13.2. The van der Waals surface area contributed by atoms with E-state index in [1.54, 1.807) is 45.0 Å². The van der Waals surface area contributed by atoms with Crippen molar-refractivity contribution in [1.82, 2.24) is 8.61 Å². The summed E-state index contributed by atoms with van der Waals surface area (Å²) in [6.45, 7) is 6.23. The molecule has 8 nitrogen and oxygen atoms in total. The summed E-state index contributed by atoms with van der Waals surface area (Å²) in [6, 6.07) is 11.8. The number of benzene rings is 2. The Bertz CT molecular complexity index is 1190. The number of carbonyl (C=O) groups is 1. The van der Waals surface area contributed by atoms with E-state index < -0.39 is 32.0 Å². The van der Waals surface area contributed by atoms with Crippen LogP contribution in [0.2, 0.25) is 0 Å². The highest BCUT2D eigenvalue weighted by Gasteiger charge is 2.37. The van der Waals surface area contributed by atoms with Crippen LogP contribution >= 0.6 is 0 Å². The van der Waals surface area contributed by atoms with Crippen LogP contribution in [-0.4, -0.2) is 57.0 Å². The lowest BCUT2D eigenvalue weighted by molar-refractivity contribution is -0.120. The molecule has 1 amide bonds. The Morgan fingerprint density at radius 2 is 1.67 bits per heavy atom. The summed E-state index contributed by atoms with van der Waals surface area (Å²) in [6.07, 6.45) is 1.80. The van der Waals surface area contributed by atoms with Crippen LogP contribution in [0.4, 0.5) is 5.69 Å². The number of piperidine rings is 1. The van der Waals surface area contributed by atoms with Crippen molar-refractivity contribution in [2.24, 2.45) is 0 Å². The smallest absolute Gasteiger partial charge is 0.243 e. The van der Waals surface area contributed by atoms with E-state index in [0.29, 0.717) is 37.2 Å². The van der Waals surface area contributed by atoms with Crippen molar-refractivity contribution in [3.05, 3.63) is 54.1 Å². The molecule has 1 N–H and O–H groups in total. The maximum absolute atomic E-state index is 13.2. The maximum Gasteiger partial charge on any atom is 0.243 e. The first-order chi connectivity index (χ1) is 15.6. The zero-order chi connectivity index (χ0) is 24.2. The van der Waals surface area contributed by atoms with Crippen LogP contribution in [0, 0.1) is 6.92 Å². The normalized spacial score (nSPS) is 17.8. The lowest BCUT2D eigenvalue weighted by Crippen LogP contribution is -2.49. The predicted octanol–water partition coefficient (Wildman–Crippen LogP) is 3.21. The van der Waals surface area contributed by atoms with Gasteiger partial charge in [0, 0.05) is 25.3 Å². The Kier molecular flexibility index (Phi) is 7.94. The Labute approximate surface area is 196 Å².